The van der Waals surface area contributed by atoms with Gasteiger partial charge in [-0.05, 0) is 65.9 Å². The maximum Gasteiger partial charge on any atom is 0.144 e. The molecule has 2 aromatic carbocycles. The normalized spacial score (nSPS) is 14.6. The van der Waals surface area contributed by atoms with Gasteiger partial charge in [0.15, 0.2) is 0 Å². The smallest absolute Gasteiger partial charge is 0.144 e. The number of hydrogen-bond acceptors (Lipinski definition) is 1. The molecule has 0 atom stereocenters. The summed E-state index contributed by atoms with van der Waals surface area (Å²) in [5.74, 6) is 0. The quantitative estimate of drug-likeness (QED) is 0.338. The fraction of sp³-hybridized carbons (Fsp3) is 0.684. The summed E-state index contributed by atoms with van der Waals surface area (Å²) in [5, 5.41) is 2.23. The molecule has 0 aromatic heterocycles. The maximum atomic E-state index is 16.4. The predicted molar refractivity (Wildman–Crippen MR) is 182 cm³/mol. The van der Waals surface area contributed by atoms with Crippen LogP contribution in [-0.4, -0.2) is 6.16 Å². The van der Waals surface area contributed by atoms with Crippen LogP contribution in [0.2, 0.25) is 0 Å². The average Bonchev–Trinajstić information content (AvgIpc) is 2.73. The molecule has 2 heteroatoms. The minimum absolute atomic E-state index is 0.00374. The van der Waals surface area contributed by atoms with Gasteiger partial charge in [-0.25, -0.2) is 0 Å². The molecule has 1 nitrogen and oxygen atoms in total. The average molecular weight is 567 g/mol. The van der Waals surface area contributed by atoms with Crippen LogP contribution < -0.4 is 10.6 Å². The van der Waals surface area contributed by atoms with Gasteiger partial charge in [0.2, 0.25) is 0 Å². The van der Waals surface area contributed by atoms with E-state index in [1.54, 1.807) is 0 Å². The van der Waals surface area contributed by atoms with Crippen molar-refractivity contribution in [2.45, 2.75) is 164 Å². The summed E-state index contributed by atoms with van der Waals surface area (Å²) in [5.41, 5.74) is 6.99. The number of rotatable bonds is 3. The Bertz CT molecular complexity index is 1110. The van der Waals surface area contributed by atoms with Gasteiger partial charge in [-0.15, -0.1) is 0 Å². The van der Waals surface area contributed by atoms with Crippen molar-refractivity contribution in [2.24, 2.45) is 0 Å². The summed E-state index contributed by atoms with van der Waals surface area (Å²) < 4.78 is 16.4. The van der Waals surface area contributed by atoms with Gasteiger partial charge in [0.1, 0.15) is 7.14 Å². The van der Waals surface area contributed by atoms with Crippen molar-refractivity contribution in [3.63, 3.8) is 0 Å². The van der Waals surface area contributed by atoms with Gasteiger partial charge in [-0.3, -0.25) is 0 Å². The largest absolute Gasteiger partial charge is 0.314 e. The van der Waals surface area contributed by atoms with Crippen molar-refractivity contribution in [1.29, 1.82) is 0 Å². The van der Waals surface area contributed by atoms with Crippen LogP contribution in [-0.2, 0) is 37.1 Å². The highest BCUT2D eigenvalue weighted by Crippen LogP contribution is 2.53. The second-order valence-corrected chi connectivity index (χ2v) is 21.4. The summed E-state index contributed by atoms with van der Waals surface area (Å²) in [6, 6.07) is 9.57. The first-order chi connectivity index (χ1) is 17.5. The predicted octanol–water partition coefficient (Wildman–Crippen LogP) is 10.8. The van der Waals surface area contributed by atoms with Crippen LogP contribution in [0.4, 0.5) is 0 Å². The van der Waals surface area contributed by atoms with Crippen LogP contribution in [0, 0.1) is 0 Å². The molecule has 2 aromatic rings. The number of benzene rings is 2. The topological polar surface area (TPSA) is 17.1 Å². The summed E-state index contributed by atoms with van der Waals surface area (Å²) in [6.45, 7) is 43.4. The standard InChI is InChI=1S/C38H63OP/c1-20-40(39,31-27(35(8,9)10)21-25(33(2,3)4)22-28(31)36(11,12)13)32-29(37(14,15)16)23-26(34(5,6)7)24-30(32)38(17,18)19/h21-24H,20H2,1-19H3. The molecule has 0 saturated carbocycles. The maximum absolute atomic E-state index is 16.4. The van der Waals surface area contributed by atoms with Crippen LogP contribution >= 0.6 is 7.14 Å². The molecule has 0 aliphatic heterocycles. The van der Waals surface area contributed by atoms with Crippen molar-refractivity contribution in [2.75, 3.05) is 6.16 Å². The molecule has 0 aliphatic carbocycles. The Morgan fingerprint density at radius 2 is 0.625 bits per heavy atom. The summed E-state index contributed by atoms with van der Waals surface area (Å²) in [6.07, 6.45) is 0.606. The lowest BCUT2D eigenvalue weighted by molar-refractivity contribution is 0.545. The lowest BCUT2D eigenvalue weighted by Crippen LogP contribution is -2.40. The van der Waals surface area contributed by atoms with Gasteiger partial charge < -0.3 is 4.57 Å². The zero-order chi connectivity index (χ0) is 31.7. The van der Waals surface area contributed by atoms with E-state index in [1.807, 2.05) is 0 Å². The van der Waals surface area contributed by atoms with Gasteiger partial charge in [0, 0.05) is 16.8 Å². The Labute approximate surface area is 249 Å². The highest BCUT2D eigenvalue weighted by Gasteiger charge is 2.43. The molecular weight excluding hydrogens is 503 g/mol. The minimum atomic E-state index is -3.09. The van der Waals surface area contributed by atoms with E-state index in [9.17, 15) is 0 Å². The van der Waals surface area contributed by atoms with Crippen LogP contribution in [0.5, 0.6) is 0 Å². The minimum Gasteiger partial charge on any atom is -0.314 e. The molecule has 0 N–H and O–H groups in total. The van der Waals surface area contributed by atoms with E-state index >= 15 is 4.57 Å². The molecule has 0 spiro atoms. The molecule has 0 amide bonds. The first kappa shape index (κ1) is 34.9. The highest BCUT2D eigenvalue weighted by molar-refractivity contribution is 7.79. The molecule has 0 radical (unpaired) electrons. The van der Waals surface area contributed by atoms with Crippen LogP contribution in [0.15, 0.2) is 24.3 Å². The Morgan fingerprint density at radius 3 is 0.750 bits per heavy atom. The van der Waals surface area contributed by atoms with Crippen molar-refractivity contribution in [3.8, 4) is 0 Å². The Hall–Kier alpha value is -1.33. The summed E-state index contributed by atoms with van der Waals surface area (Å²) >= 11 is 0. The molecule has 0 bridgehead atoms. The monoisotopic (exact) mass is 566 g/mol. The van der Waals surface area contributed by atoms with E-state index in [4.69, 9.17) is 0 Å². The highest BCUT2D eigenvalue weighted by atomic mass is 31.2. The van der Waals surface area contributed by atoms with E-state index in [-0.39, 0.29) is 32.5 Å². The van der Waals surface area contributed by atoms with E-state index < -0.39 is 7.14 Å². The van der Waals surface area contributed by atoms with Crippen molar-refractivity contribution >= 4 is 17.8 Å². The van der Waals surface area contributed by atoms with Gasteiger partial charge in [0.25, 0.3) is 0 Å². The molecule has 0 heterocycles. The first-order valence-electron chi connectivity index (χ1n) is 15.5. The first-order valence-corrected chi connectivity index (χ1v) is 17.4. The second-order valence-electron chi connectivity index (χ2n) is 18.4. The van der Waals surface area contributed by atoms with Gasteiger partial charge in [-0.2, -0.15) is 0 Å². The lowest BCUT2D eigenvalue weighted by Gasteiger charge is -2.40. The Kier molecular flexibility index (Phi) is 9.10. The lowest BCUT2D eigenvalue weighted by atomic mass is 9.75. The summed E-state index contributed by atoms with van der Waals surface area (Å²) in [7, 11) is -3.09. The third-order valence-electron chi connectivity index (χ3n) is 8.35. The molecule has 0 unspecified atom stereocenters. The fourth-order valence-corrected chi connectivity index (χ4v) is 9.64. The molecule has 226 valence electrons. The molecule has 2 rings (SSSR count). The Balaban J connectivity index is 3.42. The van der Waals surface area contributed by atoms with Gasteiger partial charge >= 0.3 is 0 Å². The van der Waals surface area contributed by atoms with Crippen LogP contribution in [0.1, 0.15) is 165 Å². The number of hydrogen-bond donors (Lipinski definition) is 0. The van der Waals surface area contributed by atoms with Crippen LogP contribution in [0.3, 0.4) is 0 Å². The third kappa shape index (κ3) is 7.00. The molecule has 0 saturated heterocycles. The van der Waals surface area contributed by atoms with Crippen molar-refractivity contribution in [3.05, 3.63) is 57.6 Å². The molecule has 0 fully saturated rings. The third-order valence-corrected chi connectivity index (χ3v) is 11.7. The molecule has 40 heavy (non-hydrogen) atoms. The Morgan fingerprint density at radius 1 is 0.425 bits per heavy atom. The van der Waals surface area contributed by atoms with E-state index in [0.29, 0.717) is 6.16 Å². The van der Waals surface area contributed by atoms with Crippen molar-refractivity contribution in [1.82, 2.24) is 0 Å². The van der Waals surface area contributed by atoms with E-state index in [1.165, 1.54) is 33.4 Å². The fourth-order valence-electron chi connectivity index (χ4n) is 5.63. The zero-order valence-corrected chi connectivity index (χ0v) is 30.8. The van der Waals surface area contributed by atoms with Crippen molar-refractivity contribution < 1.29 is 4.57 Å². The summed E-state index contributed by atoms with van der Waals surface area (Å²) in [4.78, 5) is 0. The molecule has 0 aliphatic rings. The van der Waals surface area contributed by atoms with Gasteiger partial charge in [0.05, 0.1) is 0 Å². The van der Waals surface area contributed by atoms with E-state index in [2.05, 4.69) is 156 Å². The van der Waals surface area contributed by atoms with E-state index in [0.717, 1.165) is 10.6 Å². The second kappa shape index (κ2) is 10.4. The SMILES string of the molecule is CCP(=O)(c1c(C(C)(C)C)cc(C(C)(C)C)cc1C(C)(C)C)c1c(C(C)(C)C)cc(C(C)(C)C)cc1C(C)(C)C. The van der Waals surface area contributed by atoms with Crippen LogP contribution in [0.25, 0.3) is 0 Å². The molecular formula is C38H63OP. The van der Waals surface area contributed by atoms with Gasteiger partial charge in [-0.1, -0.05) is 156 Å². The zero-order valence-electron chi connectivity index (χ0n) is 29.9.